The lowest BCUT2D eigenvalue weighted by Gasteiger charge is -2.27. The minimum absolute atomic E-state index is 0. The maximum Gasteiger partial charge on any atom is 0.237 e. The van der Waals surface area contributed by atoms with Crippen LogP contribution in [0.25, 0.3) is 0 Å². The molecule has 1 fully saturated rings. The number of carbonyl (C=O) groups excluding carboxylic acids is 1. The number of hydrogen-bond acceptors (Lipinski definition) is 4. The number of hydrogen-bond donors (Lipinski definition) is 2. The second-order valence-corrected chi connectivity index (χ2v) is 6.04. The number of carbonyl (C=O) groups is 1. The molecule has 0 radical (unpaired) electrons. The van der Waals surface area contributed by atoms with Crippen LogP contribution < -0.4 is 15.8 Å². The lowest BCUT2D eigenvalue weighted by Crippen LogP contribution is -2.48. The smallest absolute Gasteiger partial charge is 0.237 e. The zero-order valence-corrected chi connectivity index (χ0v) is 14.7. The van der Waals surface area contributed by atoms with Crippen LogP contribution in [0, 0.1) is 5.92 Å². The zero-order valence-electron chi connectivity index (χ0n) is 13.2. The average Bonchev–Trinajstić information content (AvgIpc) is 2.52. The van der Waals surface area contributed by atoms with E-state index in [1.165, 1.54) is 0 Å². The van der Waals surface area contributed by atoms with Gasteiger partial charge in [-0.15, -0.1) is 12.4 Å². The molecule has 2 unspecified atom stereocenters. The predicted molar refractivity (Wildman–Crippen MR) is 93.3 cm³/mol. The fourth-order valence-electron chi connectivity index (χ4n) is 2.47. The van der Waals surface area contributed by atoms with Gasteiger partial charge in [0.1, 0.15) is 11.9 Å². The molecule has 0 aliphatic carbocycles. The summed E-state index contributed by atoms with van der Waals surface area (Å²) in [5, 5.41) is 3.47. The van der Waals surface area contributed by atoms with Gasteiger partial charge in [-0.25, -0.2) is 0 Å². The van der Waals surface area contributed by atoms with E-state index in [0.29, 0.717) is 30.5 Å². The van der Waals surface area contributed by atoms with Gasteiger partial charge < -0.3 is 20.5 Å². The monoisotopic (exact) mass is 362 g/mol. The highest BCUT2D eigenvalue weighted by Crippen LogP contribution is 2.19. The van der Waals surface area contributed by atoms with Crippen molar-refractivity contribution in [3.63, 3.8) is 0 Å². The Kier molecular flexibility index (Phi) is 8.69. The van der Waals surface area contributed by atoms with Crippen molar-refractivity contribution < 1.29 is 14.3 Å². The Morgan fingerprint density at radius 1 is 1.48 bits per heavy atom. The molecule has 7 heteroatoms. The molecule has 23 heavy (non-hydrogen) atoms. The van der Waals surface area contributed by atoms with Crippen LogP contribution >= 0.6 is 24.0 Å². The molecule has 1 saturated heterocycles. The van der Waals surface area contributed by atoms with E-state index in [1.807, 2.05) is 19.1 Å². The van der Waals surface area contributed by atoms with Gasteiger partial charge in [-0.05, 0) is 43.9 Å². The average molecular weight is 363 g/mol. The van der Waals surface area contributed by atoms with Gasteiger partial charge in [0.05, 0.1) is 12.6 Å². The quantitative estimate of drug-likeness (QED) is 0.814. The third kappa shape index (κ3) is 6.55. The van der Waals surface area contributed by atoms with Crippen molar-refractivity contribution >= 4 is 29.9 Å². The highest BCUT2D eigenvalue weighted by Gasteiger charge is 2.26. The van der Waals surface area contributed by atoms with Gasteiger partial charge in [0.25, 0.3) is 0 Å². The molecule has 130 valence electrons. The molecule has 1 heterocycles. The molecule has 1 amide bonds. The summed E-state index contributed by atoms with van der Waals surface area (Å²) in [6, 6.07) is 6.70. The molecule has 1 aliphatic heterocycles. The predicted octanol–water partition coefficient (Wildman–Crippen LogP) is 2.40. The Morgan fingerprint density at radius 3 is 2.83 bits per heavy atom. The highest BCUT2D eigenvalue weighted by atomic mass is 35.5. The normalized spacial score (nSPS) is 17.7. The molecule has 2 atom stereocenters. The van der Waals surface area contributed by atoms with Gasteiger partial charge in [0.2, 0.25) is 5.91 Å². The molecule has 1 aliphatic rings. The first kappa shape index (κ1) is 20.0. The van der Waals surface area contributed by atoms with Gasteiger partial charge in [-0.3, -0.25) is 4.79 Å². The summed E-state index contributed by atoms with van der Waals surface area (Å²) in [5.41, 5.74) is 6.02. The third-order valence-corrected chi connectivity index (χ3v) is 4.01. The molecule has 3 N–H and O–H groups in total. The van der Waals surface area contributed by atoms with Crippen LogP contribution in [0.3, 0.4) is 0 Å². The fraction of sp³-hybridized carbons (Fsp3) is 0.562. The standard InChI is InChI=1S/C16H23ClN2O3.ClH/c1-11(22-14-4-2-3-13(17)9-14)10-19-16(20)15(18)12-5-7-21-8-6-12;/h2-4,9,11-12,15H,5-8,10,18H2,1H3,(H,19,20);1H. The van der Waals surface area contributed by atoms with Gasteiger partial charge in [0.15, 0.2) is 0 Å². The number of ether oxygens (including phenoxy) is 2. The van der Waals surface area contributed by atoms with Crippen molar-refractivity contribution in [3.8, 4) is 5.75 Å². The summed E-state index contributed by atoms with van der Waals surface area (Å²) in [4.78, 5) is 12.1. The fourth-order valence-corrected chi connectivity index (χ4v) is 2.65. The van der Waals surface area contributed by atoms with E-state index in [-0.39, 0.29) is 30.3 Å². The summed E-state index contributed by atoms with van der Waals surface area (Å²) in [6.07, 6.45) is 1.51. The van der Waals surface area contributed by atoms with Crippen LogP contribution in [0.2, 0.25) is 5.02 Å². The van der Waals surface area contributed by atoms with Crippen molar-refractivity contribution in [2.75, 3.05) is 19.8 Å². The Balaban J connectivity index is 0.00000264. The molecular formula is C16H24Cl2N2O3. The largest absolute Gasteiger partial charge is 0.489 e. The summed E-state index contributed by atoms with van der Waals surface area (Å²) in [7, 11) is 0. The Labute approximate surface area is 148 Å². The molecule has 0 bridgehead atoms. The van der Waals surface area contributed by atoms with Gasteiger partial charge >= 0.3 is 0 Å². The molecule has 0 spiro atoms. The van der Waals surface area contributed by atoms with Crippen molar-refractivity contribution in [2.45, 2.75) is 31.9 Å². The molecule has 0 aromatic heterocycles. The van der Waals surface area contributed by atoms with Crippen LogP contribution in [0.5, 0.6) is 5.75 Å². The van der Waals surface area contributed by atoms with Crippen molar-refractivity contribution in [1.82, 2.24) is 5.32 Å². The number of amides is 1. The van der Waals surface area contributed by atoms with E-state index in [0.717, 1.165) is 12.8 Å². The summed E-state index contributed by atoms with van der Waals surface area (Å²) < 4.78 is 11.0. The Bertz CT molecular complexity index is 496. The zero-order chi connectivity index (χ0) is 15.9. The maximum atomic E-state index is 12.1. The minimum atomic E-state index is -0.484. The van der Waals surface area contributed by atoms with Crippen LogP contribution in [0.1, 0.15) is 19.8 Å². The Morgan fingerprint density at radius 2 is 2.17 bits per heavy atom. The minimum Gasteiger partial charge on any atom is -0.489 e. The molecule has 1 aromatic rings. The van der Waals surface area contributed by atoms with E-state index >= 15 is 0 Å². The molecule has 5 nitrogen and oxygen atoms in total. The van der Waals surface area contributed by atoms with E-state index in [4.69, 9.17) is 26.8 Å². The second-order valence-electron chi connectivity index (χ2n) is 5.61. The number of nitrogens with two attached hydrogens (primary N) is 1. The van der Waals surface area contributed by atoms with Crippen LogP contribution in [0.15, 0.2) is 24.3 Å². The van der Waals surface area contributed by atoms with E-state index in [2.05, 4.69) is 5.32 Å². The number of nitrogens with one attached hydrogen (secondary N) is 1. The number of halogens is 2. The maximum absolute atomic E-state index is 12.1. The van der Waals surface area contributed by atoms with Crippen molar-refractivity contribution in [1.29, 1.82) is 0 Å². The summed E-state index contributed by atoms with van der Waals surface area (Å²) in [6.45, 7) is 3.66. The van der Waals surface area contributed by atoms with Crippen LogP contribution in [0.4, 0.5) is 0 Å². The first-order chi connectivity index (χ1) is 10.6. The Hall–Kier alpha value is -1.01. The first-order valence-electron chi connectivity index (χ1n) is 7.59. The SMILES string of the molecule is CC(CNC(=O)C(N)C1CCOCC1)Oc1cccc(Cl)c1.Cl. The third-order valence-electron chi connectivity index (χ3n) is 3.77. The highest BCUT2D eigenvalue weighted by molar-refractivity contribution is 6.30. The van der Waals surface area contributed by atoms with Crippen molar-refractivity contribution in [2.24, 2.45) is 11.7 Å². The number of benzene rings is 1. The van der Waals surface area contributed by atoms with Crippen LogP contribution in [-0.2, 0) is 9.53 Å². The summed E-state index contributed by atoms with van der Waals surface area (Å²) >= 11 is 5.91. The van der Waals surface area contributed by atoms with E-state index in [1.54, 1.807) is 12.1 Å². The second kappa shape index (κ2) is 9.98. The van der Waals surface area contributed by atoms with Gasteiger partial charge in [0, 0.05) is 18.2 Å². The van der Waals surface area contributed by atoms with Gasteiger partial charge in [-0.1, -0.05) is 17.7 Å². The molecule has 2 rings (SSSR count). The first-order valence-corrected chi connectivity index (χ1v) is 7.97. The topological polar surface area (TPSA) is 73.6 Å². The van der Waals surface area contributed by atoms with Crippen molar-refractivity contribution in [3.05, 3.63) is 29.3 Å². The van der Waals surface area contributed by atoms with Crippen LogP contribution in [-0.4, -0.2) is 37.8 Å². The molecule has 1 aromatic carbocycles. The van der Waals surface area contributed by atoms with E-state index < -0.39 is 6.04 Å². The lowest BCUT2D eigenvalue weighted by molar-refractivity contribution is -0.124. The lowest BCUT2D eigenvalue weighted by atomic mass is 9.92. The van der Waals surface area contributed by atoms with Gasteiger partial charge in [-0.2, -0.15) is 0 Å². The van der Waals surface area contributed by atoms with E-state index in [9.17, 15) is 4.79 Å². The molecule has 0 saturated carbocycles. The number of rotatable bonds is 6. The summed E-state index contributed by atoms with van der Waals surface area (Å²) in [5.74, 6) is 0.745. The molecular weight excluding hydrogens is 339 g/mol.